The van der Waals surface area contributed by atoms with Crippen LogP contribution in [-0.2, 0) is 13.0 Å². The SMILES string of the molecule is CCCc1csc(NC(=O)NCc2cn3cc(Br)cc(C)c3n2)n1. The second kappa shape index (κ2) is 7.31. The number of thiazole rings is 1. The number of nitrogens with one attached hydrogen (secondary N) is 2. The molecule has 0 fully saturated rings. The molecule has 8 heteroatoms. The molecular weight excluding hydrogens is 390 g/mol. The lowest BCUT2D eigenvalue weighted by Crippen LogP contribution is -2.28. The molecule has 3 aromatic heterocycles. The summed E-state index contributed by atoms with van der Waals surface area (Å²) in [6, 6.07) is 1.74. The molecule has 0 atom stereocenters. The number of carbonyl (C=O) groups is 1. The highest BCUT2D eigenvalue weighted by Crippen LogP contribution is 2.18. The van der Waals surface area contributed by atoms with Crippen molar-refractivity contribution in [3.63, 3.8) is 0 Å². The van der Waals surface area contributed by atoms with Crippen molar-refractivity contribution in [2.45, 2.75) is 33.2 Å². The van der Waals surface area contributed by atoms with E-state index in [1.165, 1.54) is 11.3 Å². The number of imidazole rings is 1. The summed E-state index contributed by atoms with van der Waals surface area (Å²) in [4.78, 5) is 20.9. The zero-order chi connectivity index (χ0) is 17.1. The van der Waals surface area contributed by atoms with Gasteiger partial charge in [-0.2, -0.15) is 0 Å². The Morgan fingerprint density at radius 2 is 2.17 bits per heavy atom. The minimum Gasteiger partial charge on any atom is -0.332 e. The fraction of sp³-hybridized carbons (Fsp3) is 0.312. The predicted molar refractivity (Wildman–Crippen MR) is 99.6 cm³/mol. The molecule has 0 spiro atoms. The zero-order valence-corrected chi connectivity index (χ0v) is 15.9. The number of hydrogen-bond donors (Lipinski definition) is 2. The van der Waals surface area contributed by atoms with Gasteiger partial charge in [0.2, 0.25) is 0 Å². The molecule has 126 valence electrons. The normalized spacial score (nSPS) is 11.0. The van der Waals surface area contributed by atoms with Gasteiger partial charge in [-0.05, 0) is 40.9 Å². The monoisotopic (exact) mass is 407 g/mol. The van der Waals surface area contributed by atoms with Gasteiger partial charge in [0.15, 0.2) is 5.13 Å². The van der Waals surface area contributed by atoms with E-state index in [9.17, 15) is 4.79 Å². The summed E-state index contributed by atoms with van der Waals surface area (Å²) in [5.41, 5.74) is 3.78. The Hall–Kier alpha value is -1.93. The van der Waals surface area contributed by atoms with Gasteiger partial charge in [0.1, 0.15) is 5.65 Å². The topological polar surface area (TPSA) is 71.3 Å². The molecular formula is C16H18BrN5OS. The van der Waals surface area contributed by atoms with Crippen LogP contribution in [0.4, 0.5) is 9.93 Å². The number of urea groups is 1. The first-order valence-electron chi connectivity index (χ1n) is 7.68. The average Bonchev–Trinajstić information content (AvgIpc) is 3.12. The van der Waals surface area contributed by atoms with Gasteiger partial charge in [-0.3, -0.25) is 5.32 Å². The molecule has 0 aliphatic rings. The lowest BCUT2D eigenvalue weighted by Gasteiger charge is -2.03. The van der Waals surface area contributed by atoms with E-state index >= 15 is 0 Å². The van der Waals surface area contributed by atoms with Crippen LogP contribution >= 0.6 is 27.3 Å². The van der Waals surface area contributed by atoms with E-state index in [0.717, 1.165) is 39.9 Å². The second-order valence-electron chi connectivity index (χ2n) is 5.51. The van der Waals surface area contributed by atoms with E-state index < -0.39 is 0 Å². The summed E-state index contributed by atoms with van der Waals surface area (Å²) in [7, 11) is 0. The van der Waals surface area contributed by atoms with Crippen molar-refractivity contribution < 1.29 is 4.79 Å². The van der Waals surface area contributed by atoms with Crippen LogP contribution in [-0.4, -0.2) is 20.4 Å². The van der Waals surface area contributed by atoms with Gasteiger partial charge in [-0.15, -0.1) is 11.3 Å². The Morgan fingerprint density at radius 3 is 2.96 bits per heavy atom. The van der Waals surface area contributed by atoms with Crippen LogP contribution in [0.5, 0.6) is 0 Å². The second-order valence-corrected chi connectivity index (χ2v) is 7.28. The van der Waals surface area contributed by atoms with Crippen LogP contribution in [0.3, 0.4) is 0 Å². The summed E-state index contributed by atoms with van der Waals surface area (Å²) in [5, 5.41) is 8.16. The maximum Gasteiger partial charge on any atom is 0.321 e. The first-order valence-corrected chi connectivity index (χ1v) is 9.35. The molecule has 0 unspecified atom stereocenters. The van der Waals surface area contributed by atoms with Crippen LogP contribution in [0.25, 0.3) is 5.65 Å². The fourth-order valence-electron chi connectivity index (χ4n) is 2.41. The Labute approximate surface area is 152 Å². The molecule has 6 nitrogen and oxygen atoms in total. The van der Waals surface area contributed by atoms with Crippen LogP contribution in [0.15, 0.2) is 28.3 Å². The van der Waals surface area contributed by atoms with E-state index in [4.69, 9.17) is 0 Å². The van der Waals surface area contributed by atoms with E-state index in [-0.39, 0.29) is 6.03 Å². The quantitative estimate of drug-likeness (QED) is 0.667. The molecule has 0 aliphatic carbocycles. The molecule has 0 bridgehead atoms. The van der Waals surface area contributed by atoms with Crippen LogP contribution in [0.1, 0.15) is 30.3 Å². The van der Waals surface area contributed by atoms with Gasteiger partial charge in [0.25, 0.3) is 0 Å². The number of amides is 2. The smallest absolute Gasteiger partial charge is 0.321 e. The fourth-order valence-corrected chi connectivity index (χ4v) is 3.71. The Morgan fingerprint density at radius 1 is 1.33 bits per heavy atom. The molecule has 0 saturated heterocycles. The average molecular weight is 408 g/mol. The summed E-state index contributed by atoms with van der Waals surface area (Å²) in [6.07, 6.45) is 5.83. The number of aryl methyl sites for hydroxylation is 2. The number of nitrogens with zero attached hydrogens (tertiary/aromatic N) is 3. The number of aromatic nitrogens is 3. The largest absolute Gasteiger partial charge is 0.332 e. The first kappa shape index (κ1) is 16.9. The molecule has 0 aromatic carbocycles. The van der Waals surface area contributed by atoms with Gasteiger partial charge in [0.05, 0.1) is 17.9 Å². The highest BCUT2D eigenvalue weighted by Gasteiger charge is 2.09. The third kappa shape index (κ3) is 3.93. The molecule has 3 aromatic rings. The van der Waals surface area contributed by atoms with Crippen molar-refractivity contribution >= 4 is 44.1 Å². The number of pyridine rings is 1. The van der Waals surface area contributed by atoms with Gasteiger partial charge < -0.3 is 9.72 Å². The molecule has 0 aliphatic heterocycles. The van der Waals surface area contributed by atoms with Crippen LogP contribution < -0.4 is 10.6 Å². The van der Waals surface area contributed by atoms with E-state index in [0.29, 0.717) is 11.7 Å². The van der Waals surface area contributed by atoms with Crippen molar-refractivity contribution in [3.05, 3.63) is 45.3 Å². The maximum absolute atomic E-state index is 12.0. The number of hydrogen-bond acceptors (Lipinski definition) is 4. The third-order valence-electron chi connectivity index (χ3n) is 3.46. The van der Waals surface area contributed by atoms with Gasteiger partial charge >= 0.3 is 6.03 Å². The van der Waals surface area contributed by atoms with Crippen molar-refractivity contribution in [1.29, 1.82) is 0 Å². The zero-order valence-electron chi connectivity index (χ0n) is 13.5. The van der Waals surface area contributed by atoms with E-state index in [1.807, 2.05) is 35.2 Å². The van der Waals surface area contributed by atoms with Gasteiger partial charge in [0, 0.05) is 22.2 Å². The Bertz CT molecular complexity index is 873. The highest BCUT2D eigenvalue weighted by molar-refractivity contribution is 9.10. The first-order chi connectivity index (χ1) is 11.5. The lowest BCUT2D eigenvalue weighted by molar-refractivity contribution is 0.251. The Balaban J connectivity index is 1.60. The number of rotatable bonds is 5. The predicted octanol–water partition coefficient (Wildman–Crippen LogP) is 4.14. The van der Waals surface area contributed by atoms with E-state index in [2.05, 4.69) is 43.5 Å². The summed E-state index contributed by atoms with van der Waals surface area (Å²) < 4.78 is 2.94. The molecule has 0 radical (unpaired) electrons. The number of fused-ring (bicyclic) bond motifs is 1. The van der Waals surface area contributed by atoms with Crippen molar-refractivity contribution in [2.24, 2.45) is 0 Å². The molecule has 2 amide bonds. The molecule has 2 N–H and O–H groups in total. The van der Waals surface area contributed by atoms with Gasteiger partial charge in [-0.1, -0.05) is 13.3 Å². The molecule has 3 heterocycles. The standard InChI is InChI=1S/C16H18BrN5OS/c1-3-4-12-9-24-16(20-12)21-15(23)18-6-13-8-22-7-11(17)5-10(2)14(22)19-13/h5,7-9H,3-4,6H2,1-2H3,(H2,18,20,21,23). The minimum atomic E-state index is -0.276. The maximum atomic E-state index is 12.0. The number of carbonyl (C=O) groups excluding carboxylic acids is 1. The van der Waals surface area contributed by atoms with Crippen molar-refractivity contribution in [3.8, 4) is 0 Å². The summed E-state index contributed by atoms with van der Waals surface area (Å²) in [6.45, 7) is 4.47. The summed E-state index contributed by atoms with van der Waals surface area (Å²) in [5.74, 6) is 0. The highest BCUT2D eigenvalue weighted by atomic mass is 79.9. The molecule has 0 saturated carbocycles. The Kier molecular flexibility index (Phi) is 5.15. The lowest BCUT2D eigenvalue weighted by atomic mass is 10.3. The summed E-state index contributed by atoms with van der Waals surface area (Å²) >= 11 is 4.91. The third-order valence-corrected chi connectivity index (χ3v) is 4.70. The van der Waals surface area contributed by atoms with E-state index in [1.54, 1.807) is 0 Å². The number of halogens is 1. The van der Waals surface area contributed by atoms with Crippen molar-refractivity contribution in [2.75, 3.05) is 5.32 Å². The van der Waals surface area contributed by atoms with Crippen molar-refractivity contribution in [1.82, 2.24) is 19.7 Å². The van der Waals surface area contributed by atoms with Crippen LogP contribution in [0, 0.1) is 6.92 Å². The minimum absolute atomic E-state index is 0.276. The molecule has 3 rings (SSSR count). The van der Waals surface area contributed by atoms with Gasteiger partial charge in [-0.25, -0.2) is 14.8 Å². The molecule has 24 heavy (non-hydrogen) atoms. The number of anilines is 1. The van der Waals surface area contributed by atoms with Crippen LogP contribution in [0.2, 0.25) is 0 Å².